The van der Waals surface area contributed by atoms with Crippen LogP contribution in [0.15, 0.2) is 41.4 Å². The first-order chi connectivity index (χ1) is 11.0. The molecule has 7 heteroatoms. The summed E-state index contributed by atoms with van der Waals surface area (Å²) in [7, 11) is -0.593. The van der Waals surface area contributed by atoms with Gasteiger partial charge >= 0.3 is 0 Å². The number of rotatable bonds is 4. The third-order valence-corrected chi connectivity index (χ3v) is 6.21. The van der Waals surface area contributed by atoms with Crippen LogP contribution in [-0.4, -0.2) is 38.1 Å². The van der Waals surface area contributed by atoms with Crippen LogP contribution >= 0.6 is 0 Å². The predicted octanol–water partition coefficient (Wildman–Crippen LogP) is 2.27. The van der Waals surface area contributed by atoms with Gasteiger partial charge in [0, 0.05) is 31.0 Å². The zero-order valence-electron chi connectivity index (χ0n) is 13.4. The zero-order valence-corrected chi connectivity index (χ0v) is 14.2. The molecule has 1 atom stereocenters. The molecule has 0 aliphatic carbocycles. The van der Waals surface area contributed by atoms with Crippen molar-refractivity contribution in [1.82, 2.24) is 8.87 Å². The van der Waals surface area contributed by atoms with Crippen LogP contribution in [0.1, 0.15) is 18.7 Å². The van der Waals surface area contributed by atoms with Crippen molar-refractivity contribution >= 4 is 10.0 Å². The standard InChI is InChI=1S/C16H20N2O4S/c1-12-14-5-4-8-17(14)9-10-18(12)23(19,20)13-6-7-15(21-2)16(11-13)22-3/h4-8,11-12H,9-10H2,1-3H3/t12-/m0/s1. The minimum atomic E-state index is -3.60. The van der Waals surface area contributed by atoms with Gasteiger partial charge in [-0.3, -0.25) is 0 Å². The Morgan fingerprint density at radius 2 is 1.83 bits per heavy atom. The first kappa shape index (κ1) is 15.9. The van der Waals surface area contributed by atoms with Gasteiger partial charge in [0.2, 0.25) is 10.0 Å². The van der Waals surface area contributed by atoms with Crippen molar-refractivity contribution in [3.63, 3.8) is 0 Å². The van der Waals surface area contributed by atoms with Crippen LogP contribution in [0.5, 0.6) is 11.5 Å². The molecule has 0 radical (unpaired) electrons. The van der Waals surface area contributed by atoms with Crippen molar-refractivity contribution in [1.29, 1.82) is 0 Å². The fourth-order valence-electron chi connectivity index (χ4n) is 3.00. The molecular formula is C16H20N2O4S. The Hall–Kier alpha value is -1.99. The molecule has 1 aromatic heterocycles. The second-order valence-corrected chi connectivity index (χ2v) is 7.33. The summed E-state index contributed by atoms with van der Waals surface area (Å²) >= 11 is 0. The zero-order chi connectivity index (χ0) is 16.6. The minimum absolute atomic E-state index is 0.210. The third-order valence-electron chi connectivity index (χ3n) is 4.25. The number of methoxy groups -OCH3 is 2. The van der Waals surface area contributed by atoms with E-state index in [-0.39, 0.29) is 10.9 Å². The molecule has 0 spiro atoms. The molecule has 0 bridgehead atoms. The molecule has 1 aromatic carbocycles. The summed E-state index contributed by atoms with van der Waals surface area (Å²) in [5, 5.41) is 0. The quantitative estimate of drug-likeness (QED) is 0.859. The number of benzene rings is 1. The molecule has 2 aromatic rings. The van der Waals surface area contributed by atoms with Crippen molar-refractivity contribution in [3.05, 3.63) is 42.2 Å². The van der Waals surface area contributed by atoms with Gasteiger partial charge in [-0.05, 0) is 31.2 Å². The summed E-state index contributed by atoms with van der Waals surface area (Å²) in [6.07, 6.45) is 1.98. The van der Waals surface area contributed by atoms with Crippen LogP contribution in [0.3, 0.4) is 0 Å². The fraction of sp³-hybridized carbons (Fsp3) is 0.375. The van der Waals surface area contributed by atoms with E-state index in [9.17, 15) is 8.42 Å². The normalized spacial score (nSPS) is 18.5. The number of nitrogens with zero attached hydrogens (tertiary/aromatic N) is 2. The van der Waals surface area contributed by atoms with Crippen LogP contribution in [-0.2, 0) is 16.6 Å². The van der Waals surface area contributed by atoms with Gasteiger partial charge in [-0.1, -0.05) is 0 Å². The highest BCUT2D eigenvalue weighted by Gasteiger charge is 2.34. The lowest BCUT2D eigenvalue weighted by Crippen LogP contribution is -2.40. The van der Waals surface area contributed by atoms with E-state index in [0.29, 0.717) is 24.6 Å². The second-order valence-electron chi connectivity index (χ2n) is 5.43. The average Bonchev–Trinajstić information content (AvgIpc) is 3.03. The average molecular weight is 336 g/mol. The lowest BCUT2D eigenvalue weighted by Gasteiger charge is -2.34. The highest BCUT2D eigenvalue weighted by molar-refractivity contribution is 7.89. The SMILES string of the molecule is COc1ccc(S(=O)(=O)N2CCn3cccc3[C@@H]2C)cc1OC. The predicted molar refractivity (Wildman–Crippen MR) is 86.3 cm³/mol. The van der Waals surface area contributed by atoms with Crippen molar-refractivity contribution in [2.24, 2.45) is 0 Å². The molecule has 0 unspecified atom stereocenters. The van der Waals surface area contributed by atoms with Crippen molar-refractivity contribution < 1.29 is 17.9 Å². The molecule has 0 amide bonds. The van der Waals surface area contributed by atoms with E-state index in [1.165, 1.54) is 24.6 Å². The Morgan fingerprint density at radius 1 is 1.09 bits per heavy atom. The number of aromatic nitrogens is 1. The van der Waals surface area contributed by atoms with E-state index >= 15 is 0 Å². The lowest BCUT2D eigenvalue weighted by molar-refractivity contribution is 0.282. The van der Waals surface area contributed by atoms with Crippen LogP contribution in [0.2, 0.25) is 0 Å². The van der Waals surface area contributed by atoms with E-state index in [2.05, 4.69) is 4.57 Å². The van der Waals surface area contributed by atoms with Gasteiger partial charge in [-0.15, -0.1) is 0 Å². The van der Waals surface area contributed by atoms with Gasteiger partial charge in [-0.25, -0.2) is 8.42 Å². The van der Waals surface area contributed by atoms with Crippen LogP contribution in [0.25, 0.3) is 0 Å². The van der Waals surface area contributed by atoms with E-state index in [1.54, 1.807) is 12.1 Å². The van der Waals surface area contributed by atoms with E-state index in [1.807, 2.05) is 25.3 Å². The van der Waals surface area contributed by atoms with Crippen molar-refractivity contribution in [2.75, 3.05) is 20.8 Å². The molecule has 3 rings (SSSR count). The van der Waals surface area contributed by atoms with Crippen LogP contribution in [0, 0.1) is 0 Å². The third kappa shape index (κ3) is 2.60. The van der Waals surface area contributed by atoms with Crippen LogP contribution in [0.4, 0.5) is 0 Å². The fourth-order valence-corrected chi connectivity index (χ4v) is 4.61. The molecule has 0 saturated carbocycles. The van der Waals surface area contributed by atoms with Gasteiger partial charge in [0.1, 0.15) is 0 Å². The Morgan fingerprint density at radius 3 is 2.52 bits per heavy atom. The Labute approximate surface area is 136 Å². The summed E-state index contributed by atoms with van der Waals surface area (Å²) < 4.78 is 40.0. The van der Waals surface area contributed by atoms with Gasteiger partial charge in [-0.2, -0.15) is 4.31 Å². The summed E-state index contributed by atoms with van der Waals surface area (Å²) in [4.78, 5) is 0.210. The van der Waals surface area contributed by atoms with E-state index in [4.69, 9.17) is 9.47 Å². The van der Waals surface area contributed by atoms with E-state index < -0.39 is 10.0 Å². The second kappa shape index (κ2) is 5.90. The highest BCUT2D eigenvalue weighted by Crippen LogP contribution is 2.34. The summed E-state index contributed by atoms with van der Waals surface area (Å²) in [6.45, 7) is 3.00. The van der Waals surface area contributed by atoms with Gasteiger partial charge in [0.05, 0.1) is 25.2 Å². The smallest absolute Gasteiger partial charge is 0.243 e. The van der Waals surface area contributed by atoms with Gasteiger partial charge < -0.3 is 14.0 Å². The summed E-state index contributed by atoms with van der Waals surface area (Å²) in [5.41, 5.74) is 1.00. The maximum atomic E-state index is 13.0. The van der Waals surface area contributed by atoms with Crippen molar-refractivity contribution in [2.45, 2.75) is 24.4 Å². The minimum Gasteiger partial charge on any atom is -0.493 e. The summed E-state index contributed by atoms with van der Waals surface area (Å²) in [6, 6.07) is 8.37. The molecule has 0 saturated heterocycles. The van der Waals surface area contributed by atoms with E-state index in [0.717, 1.165) is 5.69 Å². The molecule has 23 heavy (non-hydrogen) atoms. The molecule has 1 aliphatic heterocycles. The topological polar surface area (TPSA) is 60.8 Å². The Bertz CT molecular complexity index is 813. The molecule has 2 heterocycles. The van der Waals surface area contributed by atoms with Gasteiger partial charge in [0.15, 0.2) is 11.5 Å². The first-order valence-corrected chi connectivity index (χ1v) is 8.82. The largest absolute Gasteiger partial charge is 0.493 e. The highest BCUT2D eigenvalue weighted by atomic mass is 32.2. The molecule has 6 nitrogen and oxygen atoms in total. The number of fused-ring (bicyclic) bond motifs is 1. The number of hydrogen-bond acceptors (Lipinski definition) is 4. The van der Waals surface area contributed by atoms with Crippen LogP contribution < -0.4 is 9.47 Å². The Kier molecular flexibility index (Phi) is 4.08. The Balaban J connectivity index is 1.99. The maximum Gasteiger partial charge on any atom is 0.243 e. The monoisotopic (exact) mass is 336 g/mol. The number of sulfonamides is 1. The number of hydrogen-bond donors (Lipinski definition) is 0. The first-order valence-electron chi connectivity index (χ1n) is 7.38. The maximum absolute atomic E-state index is 13.0. The lowest BCUT2D eigenvalue weighted by atomic mass is 10.2. The summed E-state index contributed by atoms with van der Waals surface area (Å²) in [5.74, 6) is 0.911. The molecule has 0 fully saturated rings. The molecule has 124 valence electrons. The molecular weight excluding hydrogens is 316 g/mol. The molecule has 1 aliphatic rings. The number of ether oxygens (including phenoxy) is 2. The van der Waals surface area contributed by atoms with Crippen molar-refractivity contribution in [3.8, 4) is 11.5 Å². The van der Waals surface area contributed by atoms with Gasteiger partial charge in [0.25, 0.3) is 0 Å². The molecule has 0 N–H and O–H groups in total.